The predicted molar refractivity (Wildman–Crippen MR) is 83.7 cm³/mol. The Labute approximate surface area is 131 Å². The van der Waals surface area contributed by atoms with Crippen molar-refractivity contribution in [1.82, 2.24) is 5.32 Å². The van der Waals surface area contributed by atoms with Crippen LogP contribution >= 0.6 is 0 Å². The first-order valence-electron chi connectivity index (χ1n) is 7.66. The topological polar surface area (TPSA) is 64.3 Å². The van der Waals surface area contributed by atoms with Gasteiger partial charge in [0, 0.05) is 25.0 Å². The second-order valence-corrected chi connectivity index (χ2v) is 6.61. The molecule has 2 unspecified atom stereocenters. The summed E-state index contributed by atoms with van der Waals surface area (Å²) in [7, 11) is 0. The molecular formula is C17H25FN2O2. The van der Waals surface area contributed by atoms with Crippen molar-refractivity contribution in [2.24, 2.45) is 11.1 Å². The van der Waals surface area contributed by atoms with E-state index in [1.165, 1.54) is 6.07 Å². The number of benzene rings is 1. The van der Waals surface area contributed by atoms with Gasteiger partial charge in [-0.15, -0.1) is 0 Å². The molecule has 5 heteroatoms. The van der Waals surface area contributed by atoms with Gasteiger partial charge in [-0.3, -0.25) is 4.79 Å². The number of hydrogen-bond donors (Lipinski definition) is 2. The highest BCUT2D eigenvalue weighted by Crippen LogP contribution is 2.49. The van der Waals surface area contributed by atoms with Gasteiger partial charge in [-0.05, 0) is 31.0 Å². The molecule has 0 bridgehead atoms. The fraction of sp³-hybridized carbons (Fsp3) is 0.588. The number of amides is 1. The van der Waals surface area contributed by atoms with Gasteiger partial charge in [-0.1, -0.05) is 26.0 Å². The number of nitrogens with two attached hydrogens (primary N) is 1. The van der Waals surface area contributed by atoms with Crippen LogP contribution in [0, 0.1) is 18.2 Å². The normalized spacial score (nSPS) is 26.4. The van der Waals surface area contributed by atoms with E-state index < -0.39 is 11.0 Å². The largest absolute Gasteiger partial charge is 0.378 e. The monoisotopic (exact) mass is 308 g/mol. The highest BCUT2D eigenvalue weighted by Gasteiger charge is 2.62. The SMILES string of the molecule is CCOC1CC(N)(C(=O)NCc2ccc(C)c(F)c2)C1(C)C. The van der Waals surface area contributed by atoms with Crippen molar-refractivity contribution in [2.45, 2.75) is 52.3 Å². The van der Waals surface area contributed by atoms with Crippen molar-refractivity contribution < 1.29 is 13.9 Å². The zero-order valence-electron chi connectivity index (χ0n) is 13.7. The Morgan fingerprint density at radius 1 is 1.50 bits per heavy atom. The van der Waals surface area contributed by atoms with Gasteiger partial charge < -0.3 is 15.8 Å². The Kier molecular flexibility index (Phi) is 4.59. The Morgan fingerprint density at radius 2 is 2.18 bits per heavy atom. The number of carbonyl (C=O) groups excluding carboxylic acids is 1. The lowest BCUT2D eigenvalue weighted by Crippen LogP contribution is -2.75. The maximum atomic E-state index is 13.5. The maximum absolute atomic E-state index is 13.5. The van der Waals surface area contributed by atoms with Crippen LogP contribution in [-0.4, -0.2) is 24.2 Å². The average Bonchev–Trinajstić information content (AvgIpc) is 2.47. The summed E-state index contributed by atoms with van der Waals surface area (Å²) in [6, 6.07) is 4.94. The van der Waals surface area contributed by atoms with Crippen LogP contribution in [0.1, 0.15) is 38.3 Å². The van der Waals surface area contributed by atoms with Gasteiger partial charge >= 0.3 is 0 Å². The molecule has 1 fully saturated rings. The maximum Gasteiger partial charge on any atom is 0.241 e. The lowest BCUT2D eigenvalue weighted by atomic mass is 9.54. The molecule has 1 aliphatic carbocycles. The molecule has 3 N–H and O–H groups in total. The Balaban J connectivity index is 1.99. The van der Waals surface area contributed by atoms with Crippen molar-refractivity contribution in [1.29, 1.82) is 0 Å². The molecule has 0 aromatic heterocycles. The van der Waals surface area contributed by atoms with Gasteiger partial charge in [0.05, 0.1) is 6.10 Å². The molecule has 0 saturated heterocycles. The Hall–Kier alpha value is -1.46. The van der Waals surface area contributed by atoms with Crippen LogP contribution in [0.5, 0.6) is 0 Å². The molecule has 2 atom stereocenters. The van der Waals surface area contributed by atoms with Crippen LogP contribution < -0.4 is 11.1 Å². The summed E-state index contributed by atoms with van der Waals surface area (Å²) >= 11 is 0. The van der Waals surface area contributed by atoms with Crippen molar-refractivity contribution >= 4 is 5.91 Å². The van der Waals surface area contributed by atoms with Crippen LogP contribution in [0.25, 0.3) is 0 Å². The van der Waals surface area contributed by atoms with E-state index in [-0.39, 0.29) is 24.4 Å². The van der Waals surface area contributed by atoms with Gasteiger partial charge in [0.1, 0.15) is 11.4 Å². The van der Waals surface area contributed by atoms with E-state index in [2.05, 4.69) is 5.32 Å². The van der Waals surface area contributed by atoms with Gasteiger partial charge in [0.25, 0.3) is 0 Å². The molecule has 4 nitrogen and oxygen atoms in total. The minimum Gasteiger partial charge on any atom is -0.378 e. The first-order chi connectivity index (χ1) is 10.2. The molecule has 122 valence electrons. The average molecular weight is 308 g/mol. The number of aryl methyl sites for hydroxylation is 1. The third kappa shape index (κ3) is 2.75. The Bertz CT molecular complexity index is 574. The fourth-order valence-electron chi connectivity index (χ4n) is 2.91. The standard InChI is InChI=1S/C17H25FN2O2/c1-5-22-14-9-17(19,16(14,3)4)15(21)20-10-12-7-6-11(2)13(18)8-12/h6-8,14H,5,9-10,19H2,1-4H3,(H,20,21). The lowest BCUT2D eigenvalue weighted by Gasteiger charge is -2.57. The van der Waals surface area contributed by atoms with Crippen LogP contribution in [0.3, 0.4) is 0 Å². The number of carbonyl (C=O) groups is 1. The van der Waals surface area contributed by atoms with Gasteiger partial charge in [-0.2, -0.15) is 0 Å². The van der Waals surface area contributed by atoms with Crippen molar-refractivity contribution in [3.63, 3.8) is 0 Å². The van der Waals surface area contributed by atoms with E-state index in [1.807, 2.05) is 20.8 Å². The minimum absolute atomic E-state index is 0.00920. The van der Waals surface area contributed by atoms with Crippen LogP contribution in [0.2, 0.25) is 0 Å². The van der Waals surface area contributed by atoms with Crippen molar-refractivity contribution in [2.75, 3.05) is 6.61 Å². The lowest BCUT2D eigenvalue weighted by molar-refractivity contribution is -0.170. The summed E-state index contributed by atoms with van der Waals surface area (Å²) in [6.45, 7) is 8.40. The minimum atomic E-state index is -0.948. The molecule has 0 heterocycles. The summed E-state index contributed by atoms with van der Waals surface area (Å²) in [5, 5.41) is 2.82. The second kappa shape index (κ2) is 5.97. The first kappa shape index (κ1) is 16.9. The summed E-state index contributed by atoms with van der Waals surface area (Å²) in [6.07, 6.45) is 0.493. The zero-order valence-corrected chi connectivity index (χ0v) is 13.7. The van der Waals surface area contributed by atoms with E-state index in [0.29, 0.717) is 18.6 Å². The highest BCUT2D eigenvalue weighted by atomic mass is 19.1. The molecule has 1 aromatic carbocycles. The molecule has 0 spiro atoms. The zero-order chi connectivity index (χ0) is 16.5. The summed E-state index contributed by atoms with van der Waals surface area (Å²) in [5.74, 6) is -0.482. The summed E-state index contributed by atoms with van der Waals surface area (Å²) in [4.78, 5) is 12.5. The third-order valence-corrected chi connectivity index (χ3v) is 4.92. The molecular weight excluding hydrogens is 283 g/mol. The van der Waals surface area contributed by atoms with Crippen molar-refractivity contribution in [3.8, 4) is 0 Å². The third-order valence-electron chi connectivity index (χ3n) is 4.92. The summed E-state index contributed by atoms with van der Waals surface area (Å²) < 4.78 is 19.1. The number of ether oxygens (including phenoxy) is 1. The molecule has 0 aliphatic heterocycles. The van der Waals surface area contributed by atoms with Crippen LogP contribution in [0.15, 0.2) is 18.2 Å². The fourth-order valence-corrected chi connectivity index (χ4v) is 2.91. The van der Waals surface area contributed by atoms with E-state index in [0.717, 1.165) is 5.56 Å². The van der Waals surface area contributed by atoms with E-state index >= 15 is 0 Å². The molecule has 1 aromatic rings. The van der Waals surface area contributed by atoms with Gasteiger partial charge in [0.15, 0.2) is 0 Å². The molecule has 1 saturated carbocycles. The van der Waals surface area contributed by atoms with Gasteiger partial charge in [0.2, 0.25) is 5.91 Å². The molecule has 1 aliphatic rings. The smallest absolute Gasteiger partial charge is 0.241 e. The second-order valence-electron chi connectivity index (χ2n) is 6.61. The number of halogens is 1. The van der Waals surface area contributed by atoms with Crippen molar-refractivity contribution in [3.05, 3.63) is 35.1 Å². The number of rotatable bonds is 5. The first-order valence-corrected chi connectivity index (χ1v) is 7.66. The molecule has 22 heavy (non-hydrogen) atoms. The summed E-state index contributed by atoms with van der Waals surface area (Å²) in [5.41, 5.74) is 6.23. The number of nitrogens with one attached hydrogen (secondary N) is 1. The quantitative estimate of drug-likeness (QED) is 0.877. The highest BCUT2D eigenvalue weighted by molar-refractivity contribution is 5.88. The number of hydrogen-bond acceptors (Lipinski definition) is 3. The van der Waals surface area contributed by atoms with Crippen LogP contribution in [-0.2, 0) is 16.1 Å². The Morgan fingerprint density at radius 3 is 2.73 bits per heavy atom. The molecule has 2 rings (SSSR count). The molecule has 1 amide bonds. The van der Waals surface area contributed by atoms with Gasteiger partial charge in [-0.25, -0.2) is 4.39 Å². The van der Waals surface area contributed by atoms with Crippen LogP contribution in [0.4, 0.5) is 4.39 Å². The van der Waals surface area contributed by atoms with E-state index in [4.69, 9.17) is 10.5 Å². The van der Waals surface area contributed by atoms with E-state index in [9.17, 15) is 9.18 Å². The predicted octanol–water partition coefficient (Wildman–Crippen LogP) is 2.28. The molecule has 0 radical (unpaired) electrons. The van der Waals surface area contributed by atoms with E-state index in [1.54, 1.807) is 19.1 Å².